The van der Waals surface area contributed by atoms with E-state index in [4.69, 9.17) is 4.74 Å². The van der Waals surface area contributed by atoms with Crippen LogP contribution in [0.1, 0.15) is 39.8 Å². The molecule has 2 aromatic heterocycles. The maximum Gasteiger partial charge on any atom is 0.233 e. The molecule has 4 rings (SSSR count). The molecule has 2 aliphatic rings. The van der Waals surface area contributed by atoms with Crippen molar-refractivity contribution in [1.29, 1.82) is 0 Å². The number of hydrogen-bond acceptors (Lipinski definition) is 8. The molecule has 1 saturated heterocycles. The van der Waals surface area contributed by atoms with Crippen molar-refractivity contribution in [3.05, 3.63) is 6.33 Å². The lowest BCUT2D eigenvalue weighted by atomic mass is 9.89. The zero-order valence-corrected chi connectivity index (χ0v) is 17.2. The van der Waals surface area contributed by atoms with Crippen molar-refractivity contribution in [1.82, 2.24) is 19.5 Å². The molecular weight excluding hydrogens is 395 g/mol. The van der Waals surface area contributed by atoms with Gasteiger partial charge in [-0.3, -0.25) is 14.7 Å². The van der Waals surface area contributed by atoms with Crippen LogP contribution in [0.25, 0.3) is 11.2 Å². The summed E-state index contributed by atoms with van der Waals surface area (Å²) >= 11 is 0. The Labute approximate surface area is 172 Å². The summed E-state index contributed by atoms with van der Waals surface area (Å²) < 4.78 is 22.4. The lowest BCUT2D eigenvalue weighted by Crippen LogP contribution is -2.43. The predicted octanol–water partition coefficient (Wildman–Crippen LogP) is 1.22. The second-order valence-electron chi connectivity index (χ2n) is 8.40. The highest BCUT2D eigenvalue weighted by molar-refractivity contribution is 5.92. The number of hydrogen-bond donors (Lipinski definition) is 4. The molecule has 0 aromatic carbocycles. The Hall–Kier alpha value is -2.37. The minimum absolute atomic E-state index is 0.0862. The molecule has 0 unspecified atom stereocenters. The van der Waals surface area contributed by atoms with Gasteiger partial charge in [-0.15, -0.1) is 0 Å². The second-order valence-corrected chi connectivity index (χ2v) is 8.40. The Morgan fingerprint density at radius 2 is 2.07 bits per heavy atom. The Morgan fingerprint density at radius 1 is 1.37 bits per heavy atom. The van der Waals surface area contributed by atoms with Crippen molar-refractivity contribution >= 4 is 28.8 Å². The Balaban J connectivity index is 1.76. The van der Waals surface area contributed by atoms with Crippen LogP contribution in [0.5, 0.6) is 0 Å². The van der Waals surface area contributed by atoms with Crippen molar-refractivity contribution in [2.45, 2.75) is 57.7 Å². The van der Waals surface area contributed by atoms with Crippen LogP contribution in [-0.4, -0.2) is 66.7 Å². The van der Waals surface area contributed by atoms with E-state index in [-0.39, 0.29) is 23.8 Å². The first-order valence-corrected chi connectivity index (χ1v) is 10.1. The van der Waals surface area contributed by atoms with Crippen LogP contribution in [0.2, 0.25) is 0 Å². The van der Waals surface area contributed by atoms with Gasteiger partial charge in [-0.25, -0.2) is 9.37 Å². The molecule has 1 aliphatic carbocycles. The molecule has 1 amide bonds. The topological polar surface area (TPSA) is 134 Å². The first kappa shape index (κ1) is 20.9. The number of aromatic nitrogens is 4. The third-order valence-electron chi connectivity index (χ3n) is 5.84. The third-order valence-corrected chi connectivity index (χ3v) is 5.84. The number of nitrogens with zero attached hydrogens (tertiary/aromatic N) is 4. The number of halogens is 1. The summed E-state index contributed by atoms with van der Waals surface area (Å²) in [5.74, 6) is -0.717. The molecule has 2 fully saturated rings. The average molecular weight is 422 g/mol. The van der Waals surface area contributed by atoms with Crippen LogP contribution in [-0.2, 0) is 9.53 Å². The van der Waals surface area contributed by atoms with E-state index in [9.17, 15) is 15.0 Å². The molecule has 3 atom stereocenters. The van der Waals surface area contributed by atoms with Gasteiger partial charge in [0.1, 0.15) is 5.60 Å². The van der Waals surface area contributed by atoms with E-state index in [0.717, 1.165) is 12.8 Å². The van der Waals surface area contributed by atoms with Gasteiger partial charge in [0.2, 0.25) is 11.9 Å². The molecule has 1 aliphatic heterocycles. The molecule has 0 bridgehead atoms. The smallest absolute Gasteiger partial charge is 0.233 e. The molecule has 164 valence electrons. The second kappa shape index (κ2) is 7.71. The number of carbonyl (C=O) groups excluding carboxylic acids is 1. The number of rotatable bonds is 7. The van der Waals surface area contributed by atoms with Gasteiger partial charge in [-0.1, -0.05) is 20.8 Å². The standard InChI is InChI=1S/C19H27FN6O4/c1-9(2)16(29)25-18-23-14(22-11-4-5-11)13-15(24-18)26(8-21-13)17-12(20)10(3)19(6-27,7-28)30-17/h8-12,17,27-28H,4-7H2,1-3H3,(H2,22,23,24,25,29)/t10-,12+,17+/m0/s1. The summed E-state index contributed by atoms with van der Waals surface area (Å²) in [6, 6.07) is 0.273. The molecule has 2 aromatic rings. The summed E-state index contributed by atoms with van der Waals surface area (Å²) in [6.45, 7) is 4.05. The third kappa shape index (κ3) is 3.50. The van der Waals surface area contributed by atoms with Crippen molar-refractivity contribution < 1.29 is 24.1 Å². The molecule has 0 spiro atoms. The number of amides is 1. The van der Waals surface area contributed by atoms with Crippen molar-refractivity contribution in [2.75, 3.05) is 23.8 Å². The van der Waals surface area contributed by atoms with Gasteiger partial charge in [0.15, 0.2) is 29.4 Å². The first-order valence-electron chi connectivity index (χ1n) is 10.1. The number of fused-ring (bicyclic) bond motifs is 1. The molecule has 3 heterocycles. The molecule has 10 nitrogen and oxygen atoms in total. The summed E-state index contributed by atoms with van der Waals surface area (Å²) in [5, 5.41) is 25.4. The normalized spacial score (nSPS) is 25.8. The number of imidazole rings is 1. The minimum Gasteiger partial charge on any atom is -0.393 e. The van der Waals surface area contributed by atoms with Gasteiger partial charge in [-0.2, -0.15) is 9.97 Å². The number of nitrogens with one attached hydrogen (secondary N) is 2. The molecule has 30 heavy (non-hydrogen) atoms. The van der Waals surface area contributed by atoms with E-state index in [1.165, 1.54) is 10.9 Å². The van der Waals surface area contributed by atoms with Gasteiger partial charge in [-0.05, 0) is 12.8 Å². The van der Waals surface area contributed by atoms with Crippen molar-refractivity contribution in [2.24, 2.45) is 11.8 Å². The monoisotopic (exact) mass is 422 g/mol. The van der Waals surface area contributed by atoms with Crippen LogP contribution in [0.3, 0.4) is 0 Å². The number of alkyl halides is 1. The van der Waals surface area contributed by atoms with E-state index < -0.39 is 37.1 Å². The Morgan fingerprint density at radius 3 is 2.63 bits per heavy atom. The maximum absolute atomic E-state index is 15.2. The summed E-state index contributed by atoms with van der Waals surface area (Å²) in [7, 11) is 0. The van der Waals surface area contributed by atoms with E-state index >= 15 is 4.39 Å². The highest BCUT2D eigenvalue weighted by atomic mass is 19.1. The van der Waals surface area contributed by atoms with Gasteiger partial charge >= 0.3 is 0 Å². The zero-order chi connectivity index (χ0) is 21.6. The van der Waals surface area contributed by atoms with Gasteiger partial charge < -0.3 is 20.3 Å². The predicted molar refractivity (Wildman–Crippen MR) is 107 cm³/mol. The lowest BCUT2D eigenvalue weighted by molar-refractivity contribution is -0.134. The van der Waals surface area contributed by atoms with Crippen LogP contribution in [0.4, 0.5) is 16.2 Å². The van der Waals surface area contributed by atoms with E-state index in [1.54, 1.807) is 20.8 Å². The Kier molecular flexibility index (Phi) is 5.37. The number of ether oxygens (including phenoxy) is 1. The summed E-state index contributed by atoms with van der Waals surface area (Å²) in [4.78, 5) is 25.3. The van der Waals surface area contributed by atoms with Crippen molar-refractivity contribution in [3.8, 4) is 0 Å². The lowest BCUT2D eigenvalue weighted by Gasteiger charge is -2.28. The fraction of sp³-hybridized carbons (Fsp3) is 0.684. The molecule has 4 N–H and O–H groups in total. The van der Waals surface area contributed by atoms with Crippen LogP contribution < -0.4 is 10.6 Å². The fourth-order valence-electron chi connectivity index (χ4n) is 3.51. The number of aliphatic hydroxyl groups excluding tert-OH is 2. The van der Waals surface area contributed by atoms with Gasteiger partial charge in [0, 0.05) is 17.9 Å². The van der Waals surface area contributed by atoms with Gasteiger partial charge in [0.25, 0.3) is 0 Å². The largest absolute Gasteiger partial charge is 0.393 e. The van der Waals surface area contributed by atoms with E-state index in [1.807, 2.05) is 0 Å². The first-order chi connectivity index (χ1) is 14.3. The van der Waals surface area contributed by atoms with Crippen LogP contribution in [0, 0.1) is 11.8 Å². The minimum atomic E-state index is -1.51. The summed E-state index contributed by atoms with van der Waals surface area (Å²) in [5.41, 5.74) is -0.686. The molecule has 0 radical (unpaired) electrons. The van der Waals surface area contributed by atoms with Crippen molar-refractivity contribution in [3.63, 3.8) is 0 Å². The zero-order valence-electron chi connectivity index (χ0n) is 17.2. The molecule has 1 saturated carbocycles. The highest BCUT2D eigenvalue weighted by Gasteiger charge is 2.54. The average Bonchev–Trinajstić information content (AvgIpc) is 3.38. The number of anilines is 2. The summed E-state index contributed by atoms with van der Waals surface area (Å²) in [6.07, 6.45) is 0.767. The molecule has 11 heteroatoms. The number of aliphatic hydroxyl groups is 2. The number of carbonyl (C=O) groups is 1. The SMILES string of the molecule is CC(C)C(=O)Nc1nc(NC2CC2)c2ncn([C@@H]3OC(CO)(CO)[C@@H](C)[C@H]3F)c2n1. The fourth-order valence-corrected chi connectivity index (χ4v) is 3.51. The highest BCUT2D eigenvalue weighted by Crippen LogP contribution is 2.44. The van der Waals surface area contributed by atoms with Crippen LogP contribution >= 0.6 is 0 Å². The Bertz CT molecular complexity index is 942. The maximum atomic E-state index is 15.2. The van der Waals surface area contributed by atoms with E-state index in [0.29, 0.717) is 17.0 Å². The van der Waals surface area contributed by atoms with Crippen LogP contribution in [0.15, 0.2) is 6.33 Å². The quantitative estimate of drug-likeness (QED) is 0.523. The molecular formula is C19H27FN6O4. The van der Waals surface area contributed by atoms with Gasteiger partial charge in [0.05, 0.1) is 19.5 Å². The van der Waals surface area contributed by atoms with E-state index in [2.05, 4.69) is 25.6 Å².